The van der Waals surface area contributed by atoms with Gasteiger partial charge in [0.2, 0.25) is 5.91 Å². The van der Waals surface area contributed by atoms with E-state index in [9.17, 15) is 50.0 Å². The summed E-state index contributed by atoms with van der Waals surface area (Å²) in [6, 6.07) is -1.15. The highest BCUT2D eigenvalue weighted by atomic mass is 31.2. The molecule has 13 nitrogen and oxygen atoms in total. The summed E-state index contributed by atoms with van der Waals surface area (Å²) in [5.41, 5.74) is 0. The van der Waals surface area contributed by atoms with Crippen LogP contribution in [0.15, 0.2) is 0 Å². The Kier molecular flexibility index (Phi) is 42.1. The van der Waals surface area contributed by atoms with Crippen LogP contribution in [0.3, 0.4) is 0 Å². The van der Waals surface area contributed by atoms with Gasteiger partial charge in [-0.25, -0.2) is 4.57 Å². The van der Waals surface area contributed by atoms with Gasteiger partial charge in [0.1, 0.15) is 36.6 Å². The zero-order valence-corrected chi connectivity index (χ0v) is 44.4. The highest BCUT2D eigenvalue weighted by Crippen LogP contribution is 2.47. The highest BCUT2D eigenvalue weighted by Gasteiger charge is 2.51. The first-order valence-electron chi connectivity index (χ1n) is 28.6. The number of aliphatic hydroxyl groups excluding tert-OH is 7. The molecule has 1 saturated carbocycles. The van der Waals surface area contributed by atoms with Gasteiger partial charge in [-0.3, -0.25) is 13.8 Å². The average molecular weight is 994 g/mol. The van der Waals surface area contributed by atoms with E-state index in [1.54, 1.807) is 0 Å². The van der Waals surface area contributed by atoms with E-state index in [2.05, 4.69) is 19.2 Å². The molecule has 0 aromatic heterocycles. The Labute approximate surface area is 415 Å². The van der Waals surface area contributed by atoms with Crippen molar-refractivity contribution < 1.29 is 59.0 Å². The molecular formula is C54H108NO12P. The Morgan fingerprint density at radius 1 is 0.456 bits per heavy atom. The third-order valence-corrected chi connectivity index (χ3v) is 15.2. The third-order valence-electron chi connectivity index (χ3n) is 14.2. The van der Waals surface area contributed by atoms with E-state index >= 15 is 0 Å². The minimum Gasteiger partial charge on any atom is -0.393 e. The minimum atomic E-state index is -5.12. The molecule has 0 radical (unpaired) electrons. The van der Waals surface area contributed by atoms with Crippen LogP contribution in [-0.2, 0) is 18.4 Å². The number of carbonyl (C=O) groups excluding carboxylic acids is 1. The van der Waals surface area contributed by atoms with Gasteiger partial charge in [0, 0.05) is 0 Å². The van der Waals surface area contributed by atoms with E-state index in [0.29, 0.717) is 12.8 Å². The number of phosphoric ester groups is 1. The van der Waals surface area contributed by atoms with Crippen LogP contribution in [0.1, 0.15) is 277 Å². The molecule has 9 N–H and O–H groups in total. The van der Waals surface area contributed by atoms with Gasteiger partial charge in [0.25, 0.3) is 0 Å². The van der Waals surface area contributed by atoms with Crippen LogP contribution in [0.5, 0.6) is 0 Å². The second-order valence-electron chi connectivity index (χ2n) is 20.7. The van der Waals surface area contributed by atoms with Crippen LogP contribution < -0.4 is 5.32 Å². The van der Waals surface area contributed by atoms with Gasteiger partial charge in [-0.15, -0.1) is 0 Å². The lowest BCUT2D eigenvalue weighted by Gasteiger charge is -2.41. The molecule has 1 rings (SSSR count). The maximum absolute atomic E-state index is 13.1. The number of carbonyl (C=O) groups is 1. The summed E-state index contributed by atoms with van der Waals surface area (Å²) in [6.45, 7) is 3.85. The molecule has 0 spiro atoms. The molecule has 8 atom stereocenters. The van der Waals surface area contributed by atoms with Crippen molar-refractivity contribution in [2.24, 2.45) is 0 Å². The summed E-state index contributed by atoms with van der Waals surface area (Å²) in [4.78, 5) is 23.6. The molecule has 68 heavy (non-hydrogen) atoms. The summed E-state index contributed by atoms with van der Waals surface area (Å²) in [5.74, 6) is -0.553. The van der Waals surface area contributed by atoms with Gasteiger partial charge in [0.15, 0.2) is 0 Å². The number of rotatable bonds is 49. The highest BCUT2D eigenvalue weighted by molar-refractivity contribution is 7.47. The first-order valence-corrected chi connectivity index (χ1v) is 30.1. The molecule has 0 heterocycles. The number of phosphoric acid groups is 1. The lowest BCUT2D eigenvalue weighted by molar-refractivity contribution is -0.220. The molecule has 1 aliphatic carbocycles. The quantitative estimate of drug-likeness (QED) is 0.0205. The molecule has 8 unspecified atom stereocenters. The van der Waals surface area contributed by atoms with Crippen molar-refractivity contribution >= 4 is 13.7 Å². The van der Waals surface area contributed by atoms with Crippen molar-refractivity contribution in [1.82, 2.24) is 5.32 Å². The maximum atomic E-state index is 13.1. The summed E-state index contributed by atoms with van der Waals surface area (Å²) < 4.78 is 23.1. The predicted molar refractivity (Wildman–Crippen MR) is 275 cm³/mol. The first kappa shape index (κ1) is 65.3. The van der Waals surface area contributed by atoms with Crippen molar-refractivity contribution in [2.75, 3.05) is 6.61 Å². The van der Waals surface area contributed by atoms with Crippen LogP contribution in [0.4, 0.5) is 0 Å². The van der Waals surface area contributed by atoms with Gasteiger partial charge in [-0.1, -0.05) is 258 Å². The Morgan fingerprint density at radius 2 is 0.735 bits per heavy atom. The minimum absolute atomic E-state index is 0.215. The monoisotopic (exact) mass is 994 g/mol. The molecule has 14 heteroatoms. The molecule has 0 saturated heterocycles. The Morgan fingerprint density at radius 3 is 1.06 bits per heavy atom. The molecule has 0 aromatic rings. The van der Waals surface area contributed by atoms with Crippen LogP contribution in [-0.4, -0.2) is 108 Å². The van der Waals surface area contributed by atoms with Crippen LogP contribution in [0, 0.1) is 0 Å². The topological polar surface area (TPSA) is 226 Å². The normalized spacial score (nSPS) is 22.0. The van der Waals surface area contributed by atoms with Crippen molar-refractivity contribution in [2.45, 2.75) is 332 Å². The van der Waals surface area contributed by atoms with Gasteiger partial charge < -0.3 is 46.0 Å². The maximum Gasteiger partial charge on any atom is 0.472 e. The van der Waals surface area contributed by atoms with Crippen LogP contribution in [0.25, 0.3) is 0 Å². The number of hydrogen-bond donors (Lipinski definition) is 9. The van der Waals surface area contributed by atoms with E-state index in [1.807, 2.05) is 0 Å². The lowest BCUT2D eigenvalue weighted by atomic mass is 9.85. The standard InChI is InChI=1S/C54H108NO12P/c1-3-5-7-9-11-13-15-17-19-21-23-25-27-29-31-33-35-37-39-41-45(56)43-48(58)55-46(44-66-68(64,65)67-54-52(62)50(60)49(59)51(61)53(54)63)47(57)42-40-38-36-34-32-30-28-26-24-22-20-18-16-14-12-10-8-6-4-2/h45-47,49-54,56-57,59-63H,3-44H2,1-2H3,(H,55,58)(H,64,65). The van der Waals surface area contributed by atoms with E-state index in [1.165, 1.54) is 186 Å². The predicted octanol–water partition coefficient (Wildman–Crippen LogP) is 11.5. The smallest absolute Gasteiger partial charge is 0.393 e. The molecule has 1 amide bonds. The fraction of sp³-hybridized carbons (Fsp3) is 0.981. The van der Waals surface area contributed by atoms with Crippen LogP contribution in [0.2, 0.25) is 0 Å². The zero-order chi connectivity index (χ0) is 50.1. The molecule has 1 aliphatic rings. The molecule has 0 bridgehead atoms. The van der Waals surface area contributed by atoms with Gasteiger partial charge in [-0.05, 0) is 12.8 Å². The molecule has 0 aromatic carbocycles. The summed E-state index contributed by atoms with van der Waals surface area (Å²) in [5, 5.41) is 75.0. The van der Waals surface area contributed by atoms with E-state index in [-0.39, 0.29) is 12.8 Å². The Balaban J connectivity index is 2.39. The zero-order valence-electron chi connectivity index (χ0n) is 43.6. The number of unbranched alkanes of at least 4 members (excludes halogenated alkanes) is 36. The second kappa shape index (κ2) is 43.8. The SMILES string of the molecule is CCCCCCCCCCCCCCCCCCCCCC(O)CC(=O)NC(COP(=O)(O)OC1C(O)C(O)C(O)C(O)C1O)C(O)CCCCCCCCCCCCCCCCCCCCC. The van der Waals surface area contributed by atoms with E-state index in [0.717, 1.165) is 51.4 Å². The molecule has 0 aliphatic heterocycles. The third kappa shape index (κ3) is 34.6. The van der Waals surface area contributed by atoms with Gasteiger partial charge in [0.05, 0.1) is 31.3 Å². The van der Waals surface area contributed by atoms with Crippen molar-refractivity contribution in [1.29, 1.82) is 0 Å². The summed E-state index contributed by atoms with van der Waals surface area (Å²) >= 11 is 0. The number of aliphatic hydroxyl groups is 7. The van der Waals surface area contributed by atoms with E-state index < -0.39 is 75.2 Å². The summed E-state index contributed by atoms with van der Waals surface area (Å²) in [6.07, 6.45) is 34.2. The fourth-order valence-electron chi connectivity index (χ4n) is 9.60. The van der Waals surface area contributed by atoms with Gasteiger partial charge >= 0.3 is 7.82 Å². The summed E-state index contributed by atoms with van der Waals surface area (Å²) in [7, 11) is -5.12. The van der Waals surface area contributed by atoms with Crippen molar-refractivity contribution in [3.05, 3.63) is 0 Å². The van der Waals surface area contributed by atoms with Crippen molar-refractivity contribution in [3.8, 4) is 0 Å². The Bertz CT molecular complexity index is 1170. The number of hydrogen-bond acceptors (Lipinski definition) is 11. The molecule has 1 fully saturated rings. The first-order chi connectivity index (χ1) is 32.8. The van der Waals surface area contributed by atoms with Gasteiger partial charge in [-0.2, -0.15) is 0 Å². The largest absolute Gasteiger partial charge is 0.472 e. The van der Waals surface area contributed by atoms with Crippen LogP contribution >= 0.6 is 7.82 Å². The number of amides is 1. The molecular weight excluding hydrogens is 886 g/mol. The number of nitrogens with one attached hydrogen (secondary N) is 1. The Hall–Kier alpha value is -0.700. The van der Waals surface area contributed by atoms with Crippen molar-refractivity contribution in [3.63, 3.8) is 0 Å². The molecule has 406 valence electrons. The average Bonchev–Trinajstić information content (AvgIpc) is 3.31. The van der Waals surface area contributed by atoms with E-state index in [4.69, 9.17) is 9.05 Å². The second-order valence-corrected chi connectivity index (χ2v) is 22.1. The fourth-order valence-corrected chi connectivity index (χ4v) is 10.6. The lowest BCUT2D eigenvalue weighted by Crippen LogP contribution is -2.64.